The first-order valence-electron chi connectivity index (χ1n) is 11.2. The maximum absolute atomic E-state index is 12.6. The first kappa shape index (κ1) is 26.2. The van der Waals surface area contributed by atoms with Gasteiger partial charge in [0.15, 0.2) is 0 Å². The zero-order chi connectivity index (χ0) is 24.6. The quantitative estimate of drug-likeness (QED) is 0.191. The Labute approximate surface area is 199 Å². The van der Waals surface area contributed by atoms with Gasteiger partial charge in [-0.05, 0) is 43.0 Å². The fraction of sp³-hybridized carbons (Fsp3) is 0.391. The molecule has 2 aromatic rings. The van der Waals surface area contributed by atoms with Gasteiger partial charge in [-0.2, -0.15) is 4.98 Å². The highest BCUT2D eigenvalue weighted by molar-refractivity contribution is 5.98. The third-order valence-electron chi connectivity index (χ3n) is 4.59. The Bertz CT molecular complexity index is 952. The number of amides is 3. The van der Waals surface area contributed by atoms with Crippen LogP contribution in [0.1, 0.15) is 35.7 Å². The van der Waals surface area contributed by atoms with Gasteiger partial charge in [0, 0.05) is 44.8 Å². The second-order valence-corrected chi connectivity index (χ2v) is 7.30. The minimum Gasteiger partial charge on any atom is -0.369 e. The monoisotopic (exact) mass is 468 g/mol. The second-order valence-electron chi connectivity index (χ2n) is 7.30. The van der Waals surface area contributed by atoms with E-state index in [4.69, 9.17) is 0 Å². The SMILES string of the molecule is C=CC(=O)NCC(=O)NCCCNC(=O)c1cnc(NCCc2ccncc2)nc1NCCC. The summed E-state index contributed by atoms with van der Waals surface area (Å²) in [5.74, 6) is -0.117. The molecule has 0 spiro atoms. The number of nitrogens with zero attached hydrogens (tertiary/aromatic N) is 3. The van der Waals surface area contributed by atoms with E-state index in [1.165, 1.54) is 6.20 Å². The van der Waals surface area contributed by atoms with Crippen LogP contribution in [0.25, 0.3) is 0 Å². The molecule has 11 heteroatoms. The predicted octanol–water partition coefficient (Wildman–Crippen LogP) is 0.886. The van der Waals surface area contributed by atoms with E-state index in [-0.39, 0.29) is 18.4 Å². The smallest absolute Gasteiger partial charge is 0.256 e. The van der Waals surface area contributed by atoms with Gasteiger partial charge < -0.3 is 26.6 Å². The normalized spacial score (nSPS) is 10.1. The molecule has 0 aromatic carbocycles. The Hall–Kier alpha value is -4.02. The molecular formula is C23H32N8O3. The van der Waals surface area contributed by atoms with Crippen LogP contribution in [0.4, 0.5) is 11.8 Å². The largest absolute Gasteiger partial charge is 0.369 e. The summed E-state index contributed by atoms with van der Waals surface area (Å²) in [4.78, 5) is 48.1. The van der Waals surface area contributed by atoms with E-state index >= 15 is 0 Å². The summed E-state index contributed by atoms with van der Waals surface area (Å²) in [6.45, 7) is 7.25. The van der Waals surface area contributed by atoms with E-state index in [2.05, 4.69) is 48.1 Å². The Balaban J connectivity index is 1.81. The molecule has 0 unspecified atom stereocenters. The molecule has 182 valence electrons. The first-order chi connectivity index (χ1) is 16.5. The minimum atomic E-state index is -0.410. The Morgan fingerprint density at radius 3 is 2.50 bits per heavy atom. The van der Waals surface area contributed by atoms with Crippen molar-refractivity contribution in [1.29, 1.82) is 0 Å². The summed E-state index contributed by atoms with van der Waals surface area (Å²) in [5.41, 5.74) is 1.50. The van der Waals surface area contributed by atoms with Crippen LogP contribution < -0.4 is 26.6 Å². The number of pyridine rings is 1. The van der Waals surface area contributed by atoms with Gasteiger partial charge in [0.1, 0.15) is 11.4 Å². The topological polar surface area (TPSA) is 150 Å². The van der Waals surface area contributed by atoms with Crippen molar-refractivity contribution in [3.05, 3.63) is 54.5 Å². The van der Waals surface area contributed by atoms with Crippen molar-refractivity contribution in [2.24, 2.45) is 0 Å². The van der Waals surface area contributed by atoms with Crippen molar-refractivity contribution < 1.29 is 14.4 Å². The average molecular weight is 469 g/mol. The zero-order valence-electron chi connectivity index (χ0n) is 19.4. The van der Waals surface area contributed by atoms with Crippen LogP contribution in [-0.2, 0) is 16.0 Å². The molecule has 0 aliphatic heterocycles. The molecule has 0 radical (unpaired) electrons. The highest BCUT2D eigenvalue weighted by atomic mass is 16.2. The van der Waals surface area contributed by atoms with Crippen molar-refractivity contribution >= 4 is 29.5 Å². The van der Waals surface area contributed by atoms with Gasteiger partial charge >= 0.3 is 0 Å². The number of nitrogens with one attached hydrogen (secondary N) is 5. The second kappa shape index (κ2) is 14.9. The van der Waals surface area contributed by atoms with Gasteiger partial charge in [-0.15, -0.1) is 0 Å². The number of hydrogen-bond acceptors (Lipinski definition) is 8. The lowest BCUT2D eigenvalue weighted by atomic mass is 10.2. The van der Waals surface area contributed by atoms with Crippen LogP contribution in [0, 0.1) is 0 Å². The fourth-order valence-electron chi connectivity index (χ4n) is 2.79. The summed E-state index contributed by atoms with van der Waals surface area (Å²) in [7, 11) is 0. The predicted molar refractivity (Wildman–Crippen MR) is 130 cm³/mol. The van der Waals surface area contributed by atoms with Crippen molar-refractivity contribution in [2.45, 2.75) is 26.2 Å². The average Bonchev–Trinajstić information content (AvgIpc) is 2.86. The summed E-state index contributed by atoms with van der Waals surface area (Å²) >= 11 is 0. The number of anilines is 2. The zero-order valence-corrected chi connectivity index (χ0v) is 19.4. The van der Waals surface area contributed by atoms with Crippen LogP contribution >= 0.6 is 0 Å². The molecule has 2 rings (SSSR count). The van der Waals surface area contributed by atoms with Crippen molar-refractivity contribution in [3.8, 4) is 0 Å². The highest BCUT2D eigenvalue weighted by Gasteiger charge is 2.14. The van der Waals surface area contributed by atoms with Crippen molar-refractivity contribution in [2.75, 3.05) is 43.4 Å². The molecule has 2 heterocycles. The summed E-state index contributed by atoms with van der Waals surface area (Å²) < 4.78 is 0. The summed E-state index contributed by atoms with van der Waals surface area (Å²) in [6.07, 6.45) is 8.31. The lowest BCUT2D eigenvalue weighted by molar-refractivity contribution is -0.123. The number of carbonyl (C=O) groups excluding carboxylic acids is 3. The molecule has 5 N–H and O–H groups in total. The lowest BCUT2D eigenvalue weighted by Crippen LogP contribution is -2.37. The minimum absolute atomic E-state index is 0.121. The molecule has 0 aliphatic carbocycles. The van der Waals surface area contributed by atoms with Gasteiger partial charge in [-0.25, -0.2) is 4.98 Å². The summed E-state index contributed by atoms with van der Waals surface area (Å²) in [5, 5.41) is 14.2. The van der Waals surface area contributed by atoms with E-state index in [1.807, 2.05) is 19.1 Å². The molecule has 0 atom stereocenters. The number of rotatable bonds is 15. The molecule has 3 amide bonds. The summed E-state index contributed by atoms with van der Waals surface area (Å²) in [6, 6.07) is 3.91. The van der Waals surface area contributed by atoms with Crippen LogP contribution in [0.2, 0.25) is 0 Å². The molecule has 2 aromatic heterocycles. The Morgan fingerprint density at radius 1 is 1.00 bits per heavy atom. The van der Waals surface area contributed by atoms with Crippen LogP contribution in [0.15, 0.2) is 43.4 Å². The van der Waals surface area contributed by atoms with Gasteiger partial charge in [0.2, 0.25) is 17.8 Å². The Morgan fingerprint density at radius 2 is 1.76 bits per heavy atom. The maximum atomic E-state index is 12.6. The van der Waals surface area contributed by atoms with Crippen LogP contribution in [0.3, 0.4) is 0 Å². The molecule has 0 bridgehead atoms. The third kappa shape index (κ3) is 9.63. The number of hydrogen-bond donors (Lipinski definition) is 5. The third-order valence-corrected chi connectivity index (χ3v) is 4.59. The van der Waals surface area contributed by atoms with Gasteiger partial charge in [0.25, 0.3) is 5.91 Å². The van der Waals surface area contributed by atoms with E-state index in [0.717, 1.165) is 24.5 Å². The van der Waals surface area contributed by atoms with E-state index in [0.29, 0.717) is 49.9 Å². The van der Waals surface area contributed by atoms with E-state index < -0.39 is 5.91 Å². The molecule has 0 saturated heterocycles. The van der Waals surface area contributed by atoms with Gasteiger partial charge in [-0.3, -0.25) is 19.4 Å². The van der Waals surface area contributed by atoms with Crippen molar-refractivity contribution in [3.63, 3.8) is 0 Å². The molecular weight excluding hydrogens is 436 g/mol. The van der Waals surface area contributed by atoms with E-state index in [1.54, 1.807) is 12.4 Å². The Kier molecular flexibility index (Phi) is 11.5. The van der Waals surface area contributed by atoms with Gasteiger partial charge in [-0.1, -0.05) is 13.5 Å². The molecule has 0 fully saturated rings. The first-order valence-corrected chi connectivity index (χ1v) is 11.2. The fourth-order valence-corrected chi connectivity index (χ4v) is 2.79. The lowest BCUT2D eigenvalue weighted by Gasteiger charge is -2.13. The molecule has 0 aliphatic rings. The van der Waals surface area contributed by atoms with Crippen LogP contribution in [0.5, 0.6) is 0 Å². The number of aromatic nitrogens is 3. The van der Waals surface area contributed by atoms with Gasteiger partial charge in [0.05, 0.1) is 6.54 Å². The molecule has 0 saturated carbocycles. The molecule has 11 nitrogen and oxygen atoms in total. The standard InChI is InChI=1S/C23H32N8O3/c1-3-9-26-21-18(15-30-23(31-21)28-14-8-17-6-12-24-13-7-17)22(34)27-11-5-10-25-20(33)16-29-19(32)4-2/h4,6-7,12-13,15H,2-3,5,8-11,14,16H2,1H3,(H,25,33)(H,27,34)(H,29,32)(H2,26,28,30,31). The highest BCUT2D eigenvalue weighted by Crippen LogP contribution is 2.14. The number of carbonyl (C=O) groups is 3. The molecule has 34 heavy (non-hydrogen) atoms. The van der Waals surface area contributed by atoms with E-state index in [9.17, 15) is 14.4 Å². The van der Waals surface area contributed by atoms with Crippen LogP contribution in [-0.4, -0.2) is 65.4 Å². The maximum Gasteiger partial charge on any atom is 0.256 e. The van der Waals surface area contributed by atoms with Crippen molar-refractivity contribution in [1.82, 2.24) is 30.9 Å².